The van der Waals surface area contributed by atoms with Crippen LogP contribution >= 0.6 is 0 Å². The number of ether oxygens (including phenoxy) is 1. The summed E-state index contributed by atoms with van der Waals surface area (Å²) in [5.41, 5.74) is 2.13. The average molecular weight is 338 g/mol. The predicted octanol–water partition coefficient (Wildman–Crippen LogP) is 2.14. The molecule has 0 radical (unpaired) electrons. The molecule has 0 bridgehead atoms. The van der Waals surface area contributed by atoms with Crippen molar-refractivity contribution in [3.05, 3.63) is 72.8 Å². The molecular formula is C19H22N4O2. The molecule has 0 aliphatic carbocycles. The first kappa shape index (κ1) is 17.1. The van der Waals surface area contributed by atoms with Crippen molar-refractivity contribution in [3.8, 4) is 11.4 Å². The number of hydrogen-bond donors (Lipinski definition) is 1. The van der Waals surface area contributed by atoms with Gasteiger partial charge in [0.2, 0.25) is 0 Å². The first-order chi connectivity index (χ1) is 12.2. The highest BCUT2D eigenvalue weighted by Gasteiger charge is 2.10. The number of nitrogens with zero attached hydrogens (tertiary/aromatic N) is 4. The van der Waals surface area contributed by atoms with Gasteiger partial charge in [-0.2, -0.15) is 5.10 Å². The molecule has 3 aromatic rings. The fourth-order valence-electron chi connectivity index (χ4n) is 2.60. The molecule has 3 rings (SSSR count). The zero-order chi connectivity index (χ0) is 17.5. The minimum Gasteiger partial charge on any atom is -0.491 e. The molecular weight excluding hydrogens is 316 g/mol. The largest absolute Gasteiger partial charge is 0.491 e. The summed E-state index contributed by atoms with van der Waals surface area (Å²) in [6.07, 6.45) is 2.58. The van der Waals surface area contributed by atoms with Gasteiger partial charge in [0.1, 0.15) is 31.1 Å². The Bertz CT molecular complexity index is 745. The summed E-state index contributed by atoms with van der Waals surface area (Å²) in [5, 5.41) is 14.3. The molecule has 1 unspecified atom stereocenters. The Morgan fingerprint density at radius 2 is 1.88 bits per heavy atom. The zero-order valence-corrected chi connectivity index (χ0v) is 14.2. The van der Waals surface area contributed by atoms with E-state index in [0.29, 0.717) is 12.3 Å². The van der Waals surface area contributed by atoms with E-state index >= 15 is 0 Å². The van der Waals surface area contributed by atoms with Gasteiger partial charge in [0.25, 0.3) is 0 Å². The molecule has 1 N–H and O–H groups in total. The molecule has 0 saturated carbocycles. The molecule has 1 atom stereocenters. The van der Waals surface area contributed by atoms with Gasteiger partial charge in [0.05, 0.1) is 5.69 Å². The van der Waals surface area contributed by atoms with Gasteiger partial charge in [-0.25, -0.2) is 9.67 Å². The Balaban J connectivity index is 1.44. The number of rotatable bonds is 8. The van der Waals surface area contributed by atoms with E-state index in [2.05, 4.69) is 27.1 Å². The third-order valence-corrected chi connectivity index (χ3v) is 3.78. The molecule has 6 heteroatoms. The summed E-state index contributed by atoms with van der Waals surface area (Å²) < 4.78 is 7.35. The highest BCUT2D eigenvalue weighted by molar-refractivity contribution is 5.36. The number of aromatic nitrogens is 3. The second-order valence-corrected chi connectivity index (χ2v) is 5.98. The van der Waals surface area contributed by atoms with Crippen molar-refractivity contribution >= 4 is 0 Å². The van der Waals surface area contributed by atoms with Crippen molar-refractivity contribution in [2.24, 2.45) is 0 Å². The highest BCUT2D eigenvalue weighted by atomic mass is 16.5. The Kier molecular flexibility index (Phi) is 5.77. The predicted molar refractivity (Wildman–Crippen MR) is 95.6 cm³/mol. The van der Waals surface area contributed by atoms with E-state index in [0.717, 1.165) is 12.2 Å². The molecule has 0 amide bonds. The lowest BCUT2D eigenvalue weighted by Crippen LogP contribution is -2.32. The van der Waals surface area contributed by atoms with Gasteiger partial charge in [-0.05, 0) is 36.9 Å². The Morgan fingerprint density at radius 3 is 2.56 bits per heavy atom. The summed E-state index contributed by atoms with van der Waals surface area (Å²) in [6, 6.07) is 17.7. The number of aliphatic hydroxyl groups is 1. The van der Waals surface area contributed by atoms with Crippen molar-refractivity contribution in [2.45, 2.75) is 12.6 Å². The second-order valence-electron chi connectivity index (χ2n) is 5.98. The molecule has 130 valence electrons. The lowest BCUT2D eigenvalue weighted by atomic mass is 10.2. The van der Waals surface area contributed by atoms with Crippen molar-refractivity contribution in [2.75, 3.05) is 20.2 Å². The average Bonchev–Trinajstić information content (AvgIpc) is 3.16. The Labute approximate surface area is 147 Å². The normalized spacial score (nSPS) is 12.3. The van der Waals surface area contributed by atoms with E-state index in [1.165, 1.54) is 11.9 Å². The summed E-state index contributed by atoms with van der Waals surface area (Å²) in [5.74, 6) is 0.716. The summed E-state index contributed by atoms with van der Waals surface area (Å²) in [7, 11) is 1.99. The van der Waals surface area contributed by atoms with Gasteiger partial charge < -0.3 is 9.84 Å². The number of likely N-dealkylation sites (N-methyl/N-ethyl adjacent to an activating group) is 1. The maximum absolute atomic E-state index is 10.2. The van der Waals surface area contributed by atoms with E-state index < -0.39 is 6.10 Å². The quantitative estimate of drug-likeness (QED) is 0.682. The van der Waals surface area contributed by atoms with Gasteiger partial charge in [-0.15, -0.1) is 0 Å². The topological polar surface area (TPSA) is 63.4 Å². The van der Waals surface area contributed by atoms with Crippen LogP contribution in [0.2, 0.25) is 0 Å². The van der Waals surface area contributed by atoms with Crippen LogP contribution < -0.4 is 4.74 Å². The van der Waals surface area contributed by atoms with Crippen LogP contribution in [-0.2, 0) is 6.54 Å². The van der Waals surface area contributed by atoms with E-state index in [4.69, 9.17) is 4.74 Å². The maximum Gasteiger partial charge on any atom is 0.138 e. The molecule has 2 aromatic carbocycles. The third kappa shape index (κ3) is 5.14. The molecule has 0 aliphatic heterocycles. The van der Waals surface area contributed by atoms with Gasteiger partial charge in [-0.3, -0.25) is 4.90 Å². The van der Waals surface area contributed by atoms with Crippen molar-refractivity contribution in [3.63, 3.8) is 0 Å². The number of hydrogen-bond acceptors (Lipinski definition) is 5. The van der Waals surface area contributed by atoms with Crippen LogP contribution in [0.4, 0.5) is 0 Å². The van der Waals surface area contributed by atoms with Gasteiger partial charge in [0, 0.05) is 13.1 Å². The van der Waals surface area contributed by atoms with Gasteiger partial charge in [-0.1, -0.05) is 30.3 Å². The fraction of sp³-hybridized carbons (Fsp3) is 0.263. The van der Waals surface area contributed by atoms with Crippen molar-refractivity contribution in [1.29, 1.82) is 0 Å². The summed E-state index contributed by atoms with van der Waals surface area (Å²) >= 11 is 0. The monoisotopic (exact) mass is 338 g/mol. The minimum atomic E-state index is -0.552. The maximum atomic E-state index is 10.2. The van der Waals surface area contributed by atoms with E-state index in [1.54, 1.807) is 11.0 Å². The lowest BCUT2D eigenvalue weighted by molar-refractivity contribution is 0.0744. The standard InChI is InChI=1S/C19H22N4O2/c1-22(11-16-5-3-2-4-6-16)12-18(24)13-25-19-9-7-17(8-10-19)23-15-20-14-21-23/h2-10,14-15,18,24H,11-13H2,1H3. The molecule has 0 spiro atoms. The highest BCUT2D eigenvalue weighted by Crippen LogP contribution is 2.14. The molecule has 1 heterocycles. The van der Waals surface area contributed by atoms with Crippen LogP contribution in [0.3, 0.4) is 0 Å². The number of aliphatic hydroxyl groups excluding tert-OH is 1. The molecule has 0 aliphatic rings. The molecule has 25 heavy (non-hydrogen) atoms. The van der Waals surface area contributed by atoms with Crippen molar-refractivity contribution in [1.82, 2.24) is 19.7 Å². The number of benzene rings is 2. The molecule has 6 nitrogen and oxygen atoms in total. The first-order valence-corrected chi connectivity index (χ1v) is 8.19. The third-order valence-electron chi connectivity index (χ3n) is 3.78. The van der Waals surface area contributed by atoms with E-state index in [1.807, 2.05) is 49.5 Å². The molecule has 1 aromatic heterocycles. The van der Waals surface area contributed by atoms with Crippen LogP contribution in [0.5, 0.6) is 5.75 Å². The zero-order valence-electron chi connectivity index (χ0n) is 14.2. The molecule has 0 saturated heterocycles. The van der Waals surface area contributed by atoms with Crippen LogP contribution in [0.1, 0.15) is 5.56 Å². The summed E-state index contributed by atoms with van der Waals surface area (Å²) in [4.78, 5) is 6.00. The van der Waals surface area contributed by atoms with Crippen LogP contribution in [-0.4, -0.2) is 51.1 Å². The van der Waals surface area contributed by atoms with Gasteiger partial charge in [0.15, 0.2) is 0 Å². The van der Waals surface area contributed by atoms with Crippen LogP contribution in [0, 0.1) is 0 Å². The SMILES string of the molecule is CN(Cc1ccccc1)CC(O)COc1ccc(-n2cncn2)cc1. The first-order valence-electron chi connectivity index (χ1n) is 8.19. The van der Waals surface area contributed by atoms with Crippen molar-refractivity contribution < 1.29 is 9.84 Å². The van der Waals surface area contributed by atoms with Gasteiger partial charge >= 0.3 is 0 Å². The van der Waals surface area contributed by atoms with Crippen LogP contribution in [0.25, 0.3) is 5.69 Å². The smallest absolute Gasteiger partial charge is 0.138 e. The van der Waals surface area contributed by atoms with Crippen LogP contribution in [0.15, 0.2) is 67.3 Å². The lowest BCUT2D eigenvalue weighted by Gasteiger charge is -2.21. The molecule has 0 fully saturated rings. The van der Waals surface area contributed by atoms with E-state index in [-0.39, 0.29) is 6.61 Å². The Hall–Kier alpha value is -2.70. The Morgan fingerprint density at radius 1 is 1.12 bits per heavy atom. The fourth-order valence-corrected chi connectivity index (χ4v) is 2.60. The summed E-state index contributed by atoms with van der Waals surface area (Å²) in [6.45, 7) is 1.60. The van der Waals surface area contributed by atoms with E-state index in [9.17, 15) is 5.11 Å². The minimum absolute atomic E-state index is 0.252. The second kappa shape index (κ2) is 8.41.